The van der Waals surface area contributed by atoms with Crippen LogP contribution in [0.1, 0.15) is 19.4 Å². The smallest absolute Gasteiger partial charge is 0.147 e. The van der Waals surface area contributed by atoms with Crippen molar-refractivity contribution in [3.05, 3.63) is 26.6 Å². The largest absolute Gasteiger partial charge is 0.490 e. The minimum atomic E-state index is 0.0285. The number of hydrogen-bond acceptors (Lipinski definition) is 3. The van der Waals surface area contributed by atoms with Crippen molar-refractivity contribution in [3.8, 4) is 5.75 Å². The van der Waals surface area contributed by atoms with Crippen molar-refractivity contribution in [2.45, 2.75) is 25.7 Å². The standard InChI is InChI=1S/C12H16Br2O2S/c1-8(2)17-4-3-16-12-10(13)5-9(7-15)6-11(12)14/h5-6,8,15H,3-4,7H2,1-2H3. The summed E-state index contributed by atoms with van der Waals surface area (Å²) in [6.07, 6.45) is 0. The first kappa shape index (κ1) is 15.3. The highest BCUT2D eigenvalue weighted by atomic mass is 79.9. The molecule has 1 N–H and O–H groups in total. The summed E-state index contributed by atoms with van der Waals surface area (Å²) < 4.78 is 7.45. The molecule has 5 heteroatoms. The molecule has 0 aliphatic rings. The lowest BCUT2D eigenvalue weighted by Gasteiger charge is -2.12. The Hall–Kier alpha value is 0.290. The molecular formula is C12H16Br2O2S. The first-order chi connectivity index (χ1) is 8.04. The summed E-state index contributed by atoms with van der Waals surface area (Å²) in [6.45, 7) is 5.05. The number of ether oxygens (including phenoxy) is 1. The second-order valence-electron chi connectivity index (χ2n) is 3.81. The molecule has 0 aromatic heterocycles. The predicted octanol–water partition coefficient (Wildman–Crippen LogP) is 4.22. The molecule has 0 saturated carbocycles. The number of hydrogen-bond donors (Lipinski definition) is 1. The zero-order chi connectivity index (χ0) is 12.8. The first-order valence-corrected chi connectivity index (χ1v) is 8.01. The van der Waals surface area contributed by atoms with E-state index in [9.17, 15) is 0 Å². The molecule has 0 radical (unpaired) electrons. The lowest BCUT2D eigenvalue weighted by Crippen LogP contribution is -2.04. The molecule has 0 aliphatic carbocycles. The number of aliphatic hydroxyl groups excluding tert-OH is 1. The van der Waals surface area contributed by atoms with Gasteiger partial charge in [0.15, 0.2) is 0 Å². The molecule has 0 heterocycles. The maximum absolute atomic E-state index is 9.07. The second kappa shape index (κ2) is 7.67. The van der Waals surface area contributed by atoms with E-state index in [0.717, 1.165) is 26.0 Å². The summed E-state index contributed by atoms with van der Waals surface area (Å²) >= 11 is 8.77. The minimum Gasteiger partial charge on any atom is -0.490 e. The van der Waals surface area contributed by atoms with Gasteiger partial charge in [0.2, 0.25) is 0 Å². The van der Waals surface area contributed by atoms with Crippen LogP contribution in [-0.2, 0) is 6.61 Å². The van der Waals surface area contributed by atoms with E-state index in [2.05, 4.69) is 45.7 Å². The van der Waals surface area contributed by atoms with Crippen LogP contribution in [0.25, 0.3) is 0 Å². The second-order valence-corrected chi connectivity index (χ2v) is 7.21. The van der Waals surface area contributed by atoms with Crippen molar-refractivity contribution in [2.75, 3.05) is 12.4 Å². The Bertz CT molecular complexity index is 347. The van der Waals surface area contributed by atoms with Crippen LogP contribution in [0.4, 0.5) is 0 Å². The molecule has 0 spiro atoms. The summed E-state index contributed by atoms with van der Waals surface area (Å²) in [7, 11) is 0. The average Bonchev–Trinajstić information content (AvgIpc) is 2.26. The van der Waals surface area contributed by atoms with E-state index in [1.165, 1.54) is 0 Å². The Morgan fingerprint density at radius 3 is 2.35 bits per heavy atom. The Kier molecular flexibility index (Phi) is 6.92. The highest BCUT2D eigenvalue weighted by Gasteiger charge is 2.08. The van der Waals surface area contributed by atoms with Crippen molar-refractivity contribution in [1.82, 2.24) is 0 Å². The Morgan fingerprint density at radius 1 is 1.29 bits per heavy atom. The van der Waals surface area contributed by atoms with Gasteiger partial charge in [0.1, 0.15) is 5.75 Å². The van der Waals surface area contributed by atoms with Crippen molar-refractivity contribution in [3.63, 3.8) is 0 Å². The number of aliphatic hydroxyl groups is 1. The third-order valence-corrected chi connectivity index (χ3v) is 4.27. The summed E-state index contributed by atoms with van der Waals surface area (Å²) in [5, 5.41) is 9.69. The van der Waals surface area contributed by atoms with Crippen LogP contribution in [0.2, 0.25) is 0 Å². The average molecular weight is 384 g/mol. The van der Waals surface area contributed by atoms with Gasteiger partial charge in [-0.2, -0.15) is 11.8 Å². The van der Waals surface area contributed by atoms with E-state index >= 15 is 0 Å². The monoisotopic (exact) mass is 382 g/mol. The van der Waals surface area contributed by atoms with Crippen molar-refractivity contribution >= 4 is 43.6 Å². The summed E-state index contributed by atoms with van der Waals surface area (Å²) in [6, 6.07) is 3.74. The Morgan fingerprint density at radius 2 is 1.88 bits per heavy atom. The van der Waals surface area contributed by atoms with Crippen LogP contribution in [0.5, 0.6) is 5.75 Å². The summed E-state index contributed by atoms with van der Waals surface area (Å²) in [4.78, 5) is 0. The van der Waals surface area contributed by atoms with Crippen LogP contribution < -0.4 is 4.74 Å². The van der Waals surface area contributed by atoms with Gasteiger partial charge in [-0.25, -0.2) is 0 Å². The molecule has 1 aromatic carbocycles. The Labute approximate surface area is 123 Å². The van der Waals surface area contributed by atoms with Gasteiger partial charge in [-0.1, -0.05) is 13.8 Å². The van der Waals surface area contributed by atoms with Gasteiger partial charge in [0.05, 0.1) is 22.2 Å². The quantitative estimate of drug-likeness (QED) is 0.745. The predicted molar refractivity (Wildman–Crippen MR) is 80.9 cm³/mol. The van der Waals surface area contributed by atoms with Crippen molar-refractivity contribution in [2.24, 2.45) is 0 Å². The maximum Gasteiger partial charge on any atom is 0.147 e. The number of rotatable bonds is 6. The molecule has 0 fully saturated rings. The van der Waals surface area contributed by atoms with Crippen LogP contribution in [0.15, 0.2) is 21.1 Å². The van der Waals surface area contributed by atoms with Gasteiger partial charge in [-0.3, -0.25) is 0 Å². The van der Waals surface area contributed by atoms with Gasteiger partial charge >= 0.3 is 0 Å². The molecule has 0 aliphatic heterocycles. The minimum absolute atomic E-state index is 0.0285. The molecule has 17 heavy (non-hydrogen) atoms. The number of benzene rings is 1. The molecule has 96 valence electrons. The summed E-state index contributed by atoms with van der Waals surface area (Å²) in [5.74, 6) is 1.77. The maximum atomic E-state index is 9.07. The van der Waals surface area contributed by atoms with Crippen LogP contribution in [-0.4, -0.2) is 22.7 Å². The molecular weight excluding hydrogens is 368 g/mol. The van der Waals surface area contributed by atoms with E-state index in [-0.39, 0.29) is 6.61 Å². The highest BCUT2D eigenvalue weighted by molar-refractivity contribution is 9.11. The van der Waals surface area contributed by atoms with E-state index in [1.807, 2.05) is 23.9 Å². The number of halogens is 2. The summed E-state index contributed by atoms with van der Waals surface area (Å²) in [5.41, 5.74) is 0.854. The fourth-order valence-corrected chi connectivity index (χ4v) is 3.43. The van der Waals surface area contributed by atoms with Gasteiger partial charge in [-0.05, 0) is 54.8 Å². The molecule has 1 aromatic rings. The van der Waals surface area contributed by atoms with Gasteiger partial charge < -0.3 is 9.84 Å². The molecule has 0 amide bonds. The Balaban J connectivity index is 2.59. The van der Waals surface area contributed by atoms with E-state index < -0.39 is 0 Å². The zero-order valence-electron chi connectivity index (χ0n) is 9.87. The first-order valence-electron chi connectivity index (χ1n) is 5.37. The molecule has 0 bridgehead atoms. The topological polar surface area (TPSA) is 29.5 Å². The van der Waals surface area contributed by atoms with E-state index in [4.69, 9.17) is 9.84 Å². The SMILES string of the molecule is CC(C)SCCOc1c(Br)cc(CO)cc1Br. The molecule has 0 atom stereocenters. The lowest BCUT2D eigenvalue weighted by molar-refractivity contribution is 0.281. The van der Waals surface area contributed by atoms with Crippen molar-refractivity contribution < 1.29 is 9.84 Å². The molecule has 2 nitrogen and oxygen atoms in total. The van der Waals surface area contributed by atoms with E-state index in [0.29, 0.717) is 11.9 Å². The highest BCUT2D eigenvalue weighted by Crippen LogP contribution is 2.34. The fraction of sp³-hybridized carbons (Fsp3) is 0.500. The van der Waals surface area contributed by atoms with Crippen LogP contribution in [0.3, 0.4) is 0 Å². The van der Waals surface area contributed by atoms with Gasteiger partial charge in [-0.15, -0.1) is 0 Å². The molecule has 0 saturated heterocycles. The van der Waals surface area contributed by atoms with Crippen LogP contribution in [0, 0.1) is 0 Å². The lowest BCUT2D eigenvalue weighted by atomic mass is 10.2. The molecule has 1 rings (SSSR count). The third kappa shape index (κ3) is 5.20. The zero-order valence-corrected chi connectivity index (χ0v) is 13.9. The van der Waals surface area contributed by atoms with Crippen molar-refractivity contribution in [1.29, 1.82) is 0 Å². The van der Waals surface area contributed by atoms with Gasteiger partial charge in [0.25, 0.3) is 0 Å². The number of thioether (sulfide) groups is 1. The van der Waals surface area contributed by atoms with E-state index in [1.54, 1.807) is 0 Å². The van der Waals surface area contributed by atoms with Crippen LogP contribution >= 0.6 is 43.6 Å². The third-order valence-electron chi connectivity index (χ3n) is 2.02. The fourth-order valence-electron chi connectivity index (χ4n) is 1.27. The molecule has 0 unspecified atom stereocenters. The normalized spacial score (nSPS) is 10.9. The van der Waals surface area contributed by atoms with Gasteiger partial charge in [0, 0.05) is 5.75 Å².